The zero-order chi connectivity index (χ0) is 11.4. The topological polar surface area (TPSA) is 57.5 Å². The number of aliphatic hydroxyl groups excluding tert-OH is 1. The van der Waals surface area contributed by atoms with Crippen molar-refractivity contribution in [1.29, 1.82) is 0 Å². The lowest BCUT2D eigenvalue weighted by atomic mass is 10.2. The Hall–Kier alpha value is -1.07. The first-order chi connectivity index (χ1) is 7.06. The number of thioether (sulfide) groups is 1. The van der Waals surface area contributed by atoms with Crippen molar-refractivity contribution in [2.24, 2.45) is 0 Å². The number of hydrogen-bond donors (Lipinski definition) is 2. The highest BCUT2D eigenvalue weighted by molar-refractivity contribution is 8.00. The third-order valence-corrected chi connectivity index (χ3v) is 2.92. The lowest BCUT2D eigenvalue weighted by molar-refractivity contribution is 0.0688. The highest BCUT2D eigenvalue weighted by atomic mass is 32.2. The second-order valence-corrected chi connectivity index (χ2v) is 4.51. The fourth-order valence-electron chi connectivity index (χ4n) is 1.06. The maximum Gasteiger partial charge on any atom is 0.339 e. The van der Waals surface area contributed by atoms with Crippen LogP contribution in [0.3, 0.4) is 0 Å². The number of aromatic carboxylic acids is 1. The van der Waals surface area contributed by atoms with E-state index in [1.807, 2.05) is 0 Å². The van der Waals surface area contributed by atoms with E-state index in [1.54, 1.807) is 6.92 Å². The Bertz CT molecular complexity index is 368. The van der Waals surface area contributed by atoms with Gasteiger partial charge in [-0.25, -0.2) is 9.18 Å². The second kappa shape index (κ2) is 5.14. The van der Waals surface area contributed by atoms with Gasteiger partial charge in [0.25, 0.3) is 0 Å². The molecule has 1 rings (SSSR count). The molecular weight excluding hydrogens is 219 g/mol. The molecule has 0 spiro atoms. The molecule has 0 aliphatic carbocycles. The molecule has 0 saturated carbocycles. The molecule has 0 bridgehead atoms. The van der Waals surface area contributed by atoms with Crippen LogP contribution in [0.15, 0.2) is 23.1 Å². The van der Waals surface area contributed by atoms with Crippen LogP contribution in [0.2, 0.25) is 0 Å². The molecule has 1 aromatic rings. The lowest BCUT2D eigenvalue weighted by Crippen LogP contribution is -2.07. The summed E-state index contributed by atoms with van der Waals surface area (Å²) in [6, 6.07) is 4.09. The molecule has 82 valence electrons. The van der Waals surface area contributed by atoms with Crippen molar-refractivity contribution in [3.05, 3.63) is 29.6 Å². The maximum absolute atomic E-state index is 13.2. The highest BCUT2D eigenvalue weighted by Crippen LogP contribution is 2.28. The number of hydrogen-bond acceptors (Lipinski definition) is 3. The molecule has 0 saturated heterocycles. The lowest BCUT2D eigenvalue weighted by Gasteiger charge is -2.10. The van der Waals surface area contributed by atoms with E-state index in [9.17, 15) is 9.18 Å². The van der Waals surface area contributed by atoms with E-state index in [2.05, 4.69) is 0 Å². The van der Waals surface area contributed by atoms with Crippen molar-refractivity contribution < 1.29 is 19.4 Å². The Labute approximate surface area is 90.9 Å². The first-order valence-corrected chi connectivity index (χ1v) is 5.23. The zero-order valence-corrected chi connectivity index (χ0v) is 8.92. The molecule has 0 aliphatic rings. The van der Waals surface area contributed by atoms with Crippen LogP contribution in [0, 0.1) is 5.82 Å². The van der Waals surface area contributed by atoms with Gasteiger partial charge in [-0.15, -0.1) is 11.8 Å². The Morgan fingerprint density at radius 1 is 1.60 bits per heavy atom. The minimum absolute atomic E-state index is 0.0831. The van der Waals surface area contributed by atoms with Gasteiger partial charge in [-0.1, -0.05) is 13.0 Å². The Kier molecular flexibility index (Phi) is 4.11. The molecular formula is C10H11FO3S. The maximum atomic E-state index is 13.2. The summed E-state index contributed by atoms with van der Waals surface area (Å²) >= 11 is 1.14. The van der Waals surface area contributed by atoms with Gasteiger partial charge in [0.05, 0.1) is 6.61 Å². The standard InChI is InChI=1S/C10H11FO3S/c1-6(5-12)15-8-4-2-3-7(11)9(8)10(13)14/h2-4,6,12H,5H2,1H3,(H,13,14). The first kappa shape index (κ1) is 12.0. The van der Waals surface area contributed by atoms with E-state index in [0.29, 0.717) is 4.90 Å². The quantitative estimate of drug-likeness (QED) is 0.777. The third kappa shape index (κ3) is 2.94. The first-order valence-electron chi connectivity index (χ1n) is 4.35. The van der Waals surface area contributed by atoms with Crippen LogP contribution in [0.4, 0.5) is 4.39 Å². The molecule has 5 heteroatoms. The predicted octanol–water partition coefficient (Wildman–Crippen LogP) is 2.00. The van der Waals surface area contributed by atoms with Crippen molar-refractivity contribution >= 4 is 17.7 Å². The van der Waals surface area contributed by atoms with Crippen LogP contribution >= 0.6 is 11.8 Å². The number of benzene rings is 1. The molecule has 0 heterocycles. The summed E-state index contributed by atoms with van der Waals surface area (Å²) in [4.78, 5) is 11.1. The summed E-state index contributed by atoms with van der Waals surface area (Å²) in [5, 5.41) is 17.5. The molecule has 1 aromatic carbocycles. The molecule has 15 heavy (non-hydrogen) atoms. The fourth-order valence-corrected chi connectivity index (χ4v) is 2.03. The van der Waals surface area contributed by atoms with E-state index in [-0.39, 0.29) is 17.4 Å². The van der Waals surface area contributed by atoms with E-state index in [0.717, 1.165) is 17.8 Å². The summed E-state index contributed by atoms with van der Waals surface area (Å²) in [6.45, 7) is 1.65. The number of carboxylic acids is 1. The van der Waals surface area contributed by atoms with Crippen molar-refractivity contribution in [2.75, 3.05) is 6.61 Å². The SMILES string of the molecule is CC(CO)Sc1cccc(F)c1C(=O)O. The van der Waals surface area contributed by atoms with Crippen molar-refractivity contribution in [1.82, 2.24) is 0 Å². The summed E-state index contributed by atoms with van der Waals surface area (Å²) < 4.78 is 13.2. The average Bonchev–Trinajstić information content (AvgIpc) is 2.17. The van der Waals surface area contributed by atoms with Crippen LogP contribution in [0.1, 0.15) is 17.3 Å². The van der Waals surface area contributed by atoms with Crippen LogP contribution in [0.5, 0.6) is 0 Å². The smallest absolute Gasteiger partial charge is 0.339 e. The van der Waals surface area contributed by atoms with E-state index < -0.39 is 11.8 Å². The zero-order valence-electron chi connectivity index (χ0n) is 8.11. The highest BCUT2D eigenvalue weighted by Gasteiger charge is 2.17. The number of rotatable bonds is 4. The predicted molar refractivity (Wildman–Crippen MR) is 55.8 cm³/mol. The summed E-state index contributed by atoms with van der Waals surface area (Å²) in [5.74, 6) is -2.04. The van der Waals surface area contributed by atoms with Crippen molar-refractivity contribution in [2.45, 2.75) is 17.1 Å². The van der Waals surface area contributed by atoms with Gasteiger partial charge in [-0.2, -0.15) is 0 Å². The van der Waals surface area contributed by atoms with Gasteiger partial charge in [0.15, 0.2) is 0 Å². The summed E-state index contributed by atoms with van der Waals surface area (Å²) in [5.41, 5.74) is -0.331. The van der Waals surface area contributed by atoms with Gasteiger partial charge >= 0.3 is 5.97 Å². The molecule has 0 radical (unpaired) electrons. The largest absolute Gasteiger partial charge is 0.478 e. The van der Waals surface area contributed by atoms with Gasteiger partial charge in [0.2, 0.25) is 0 Å². The Morgan fingerprint density at radius 3 is 2.80 bits per heavy atom. The van der Waals surface area contributed by atoms with Gasteiger partial charge in [-0.3, -0.25) is 0 Å². The molecule has 3 nitrogen and oxygen atoms in total. The monoisotopic (exact) mass is 230 g/mol. The van der Waals surface area contributed by atoms with E-state index in [4.69, 9.17) is 10.2 Å². The molecule has 1 unspecified atom stereocenters. The van der Waals surface area contributed by atoms with Gasteiger partial charge < -0.3 is 10.2 Å². The fraction of sp³-hybridized carbons (Fsp3) is 0.300. The van der Waals surface area contributed by atoms with Crippen LogP contribution < -0.4 is 0 Å². The summed E-state index contributed by atoms with van der Waals surface area (Å²) in [7, 11) is 0. The minimum Gasteiger partial charge on any atom is -0.478 e. The van der Waals surface area contributed by atoms with Gasteiger partial charge in [0, 0.05) is 10.1 Å². The van der Waals surface area contributed by atoms with Crippen LogP contribution in [-0.2, 0) is 0 Å². The molecule has 2 N–H and O–H groups in total. The molecule has 0 fully saturated rings. The third-order valence-electron chi connectivity index (χ3n) is 1.77. The Morgan fingerprint density at radius 2 is 2.27 bits per heavy atom. The second-order valence-electron chi connectivity index (χ2n) is 3.03. The number of carboxylic acid groups (broad SMARTS) is 1. The van der Waals surface area contributed by atoms with Gasteiger partial charge in [-0.05, 0) is 12.1 Å². The summed E-state index contributed by atoms with van der Waals surface area (Å²) in [6.07, 6.45) is 0. The minimum atomic E-state index is -1.29. The molecule has 0 aromatic heterocycles. The number of carbonyl (C=O) groups is 1. The Balaban J connectivity index is 3.06. The number of aliphatic hydroxyl groups is 1. The van der Waals surface area contributed by atoms with Crippen LogP contribution in [-0.4, -0.2) is 28.0 Å². The van der Waals surface area contributed by atoms with Gasteiger partial charge in [0.1, 0.15) is 11.4 Å². The van der Waals surface area contributed by atoms with Crippen molar-refractivity contribution in [3.8, 4) is 0 Å². The van der Waals surface area contributed by atoms with E-state index >= 15 is 0 Å². The molecule has 0 amide bonds. The molecule has 1 atom stereocenters. The average molecular weight is 230 g/mol. The normalized spacial score (nSPS) is 12.5. The number of halogens is 1. The molecule has 0 aliphatic heterocycles. The van der Waals surface area contributed by atoms with E-state index in [1.165, 1.54) is 12.1 Å². The van der Waals surface area contributed by atoms with Crippen LogP contribution in [0.25, 0.3) is 0 Å². The van der Waals surface area contributed by atoms with Crippen molar-refractivity contribution in [3.63, 3.8) is 0 Å².